The zero-order valence-corrected chi connectivity index (χ0v) is 10.1. The largest absolute Gasteiger partial charge is 0.256 e. The van der Waals surface area contributed by atoms with E-state index in [0.29, 0.717) is 5.92 Å². The Hall–Kier alpha value is -1.63. The molecule has 0 aliphatic rings. The van der Waals surface area contributed by atoms with Gasteiger partial charge in [-0.1, -0.05) is 43.7 Å². The highest BCUT2D eigenvalue weighted by Crippen LogP contribution is 2.21. The third kappa shape index (κ3) is 2.30. The molecular formula is C15H17N. The van der Waals surface area contributed by atoms with Gasteiger partial charge in [0.1, 0.15) is 0 Å². The molecule has 0 radical (unpaired) electrons. The first-order chi connectivity index (χ1) is 7.66. The zero-order valence-electron chi connectivity index (χ0n) is 10.1. The summed E-state index contributed by atoms with van der Waals surface area (Å²) in [6.45, 7) is 6.50. The summed E-state index contributed by atoms with van der Waals surface area (Å²) in [5, 5.41) is 0. The average molecular weight is 211 g/mol. The molecule has 2 aromatic rings. The van der Waals surface area contributed by atoms with E-state index in [9.17, 15) is 0 Å². The maximum Gasteiger partial charge on any atom is 0.0704 e. The normalized spacial score (nSPS) is 10.8. The van der Waals surface area contributed by atoms with Gasteiger partial charge >= 0.3 is 0 Å². The minimum atomic E-state index is 0.548. The quantitative estimate of drug-likeness (QED) is 0.726. The number of rotatable bonds is 2. The fraction of sp³-hybridized carbons (Fsp3) is 0.267. The smallest absolute Gasteiger partial charge is 0.0704 e. The van der Waals surface area contributed by atoms with E-state index in [1.165, 1.54) is 16.7 Å². The predicted molar refractivity (Wildman–Crippen MR) is 68.5 cm³/mol. The molecule has 0 bridgehead atoms. The SMILES string of the molecule is Cc1ccc(-c2cc(C(C)C)ccn2)cc1. The van der Waals surface area contributed by atoms with Gasteiger partial charge in [0, 0.05) is 11.8 Å². The van der Waals surface area contributed by atoms with E-state index in [4.69, 9.17) is 0 Å². The van der Waals surface area contributed by atoms with Crippen LogP contribution in [0.4, 0.5) is 0 Å². The molecular weight excluding hydrogens is 194 g/mol. The first-order valence-corrected chi connectivity index (χ1v) is 5.70. The molecule has 0 spiro atoms. The van der Waals surface area contributed by atoms with Crippen molar-refractivity contribution in [2.45, 2.75) is 26.7 Å². The average Bonchev–Trinajstić information content (AvgIpc) is 2.30. The molecule has 0 aliphatic carbocycles. The van der Waals surface area contributed by atoms with Crippen LogP contribution in [0.1, 0.15) is 30.9 Å². The van der Waals surface area contributed by atoms with Crippen molar-refractivity contribution in [3.05, 3.63) is 53.7 Å². The van der Waals surface area contributed by atoms with Crippen molar-refractivity contribution >= 4 is 0 Å². The predicted octanol–water partition coefficient (Wildman–Crippen LogP) is 4.18. The molecule has 0 amide bonds. The molecule has 2 rings (SSSR count). The Morgan fingerprint density at radius 1 is 1.00 bits per heavy atom. The van der Waals surface area contributed by atoms with Crippen molar-refractivity contribution < 1.29 is 0 Å². The van der Waals surface area contributed by atoms with Crippen LogP contribution in [0.2, 0.25) is 0 Å². The second-order valence-corrected chi connectivity index (χ2v) is 4.50. The fourth-order valence-corrected chi connectivity index (χ4v) is 1.69. The van der Waals surface area contributed by atoms with E-state index in [2.05, 4.69) is 62.2 Å². The van der Waals surface area contributed by atoms with Crippen LogP contribution < -0.4 is 0 Å². The topological polar surface area (TPSA) is 12.9 Å². The van der Waals surface area contributed by atoms with Crippen LogP contribution in [0.3, 0.4) is 0 Å². The van der Waals surface area contributed by atoms with E-state index >= 15 is 0 Å². The van der Waals surface area contributed by atoms with Crippen LogP contribution >= 0.6 is 0 Å². The van der Waals surface area contributed by atoms with Gasteiger partial charge in [0.15, 0.2) is 0 Å². The van der Waals surface area contributed by atoms with Crippen molar-refractivity contribution in [2.24, 2.45) is 0 Å². The van der Waals surface area contributed by atoms with Crippen molar-refractivity contribution in [3.8, 4) is 11.3 Å². The number of nitrogens with zero attached hydrogens (tertiary/aromatic N) is 1. The van der Waals surface area contributed by atoms with Gasteiger partial charge < -0.3 is 0 Å². The van der Waals surface area contributed by atoms with E-state index in [1.807, 2.05) is 6.20 Å². The van der Waals surface area contributed by atoms with Gasteiger partial charge in [-0.05, 0) is 30.5 Å². The van der Waals surface area contributed by atoms with E-state index in [0.717, 1.165) is 5.69 Å². The number of benzene rings is 1. The number of aromatic nitrogens is 1. The Bertz CT molecular complexity index is 469. The standard InChI is InChI=1S/C15H17N/c1-11(2)14-8-9-16-15(10-14)13-6-4-12(3)5-7-13/h4-11H,1-3H3. The Morgan fingerprint density at radius 2 is 1.69 bits per heavy atom. The Balaban J connectivity index is 2.40. The van der Waals surface area contributed by atoms with Gasteiger partial charge in [0.05, 0.1) is 5.69 Å². The molecule has 0 N–H and O–H groups in total. The third-order valence-electron chi connectivity index (χ3n) is 2.80. The van der Waals surface area contributed by atoms with Crippen LogP contribution in [0.25, 0.3) is 11.3 Å². The first-order valence-electron chi connectivity index (χ1n) is 5.70. The van der Waals surface area contributed by atoms with Crippen LogP contribution in [-0.4, -0.2) is 4.98 Å². The second kappa shape index (κ2) is 4.48. The van der Waals surface area contributed by atoms with Crippen molar-refractivity contribution in [3.63, 3.8) is 0 Å². The number of hydrogen-bond acceptors (Lipinski definition) is 1. The lowest BCUT2D eigenvalue weighted by atomic mass is 10.0. The molecule has 0 fully saturated rings. The van der Waals surface area contributed by atoms with E-state index in [-0.39, 0.29) is 0 Å². The molecule has 1 nitrogen and oxygen atoms in total. The molecule has 16 heavy (non-hydrogen) atoms. The van der Waals surface area contributed by atoms with E-state index < -0.39 is 0 Å². The van der Waals surface area contributed by atoms with Gasteiger partial charge in [0.25, 0.3) is 0 Å². The molecule has 0 aliphatic heterocycles. The van der Waals surface area contributed by atoms with Gasteiger partial charge in [-0.15, -0.1) is 0 Å². The summed E-state index contributed by atoms with van der Waals surface area (Å²) in [5.74, 6) is 0.548. The van der Waals surface area contributed by atoms with Crippen LogP contribution in [0.5, 0.6) is 0 Å². The van der Waals surface area contributed by atoms with Gasteiger partial charge in [-0.25, -0.2) is 0 Å². The summed E-state index contributed by atoms with van der Waals surface area (Å²) in [6.07, 6.45) is 1.89. The van der Waals surface area contributed by atoms with Crippen molar-refractivity contribution in [1.82, 2.24) is 4.98 Å². The molecule has 1 heterocycles. The lowest BCUT2D eigenvalue weighted by Gasteiger charge is -2.07. The maximum absolute atomic E-state index is 4.42. The summed E-state index contributed by atoms with van der Waals surface area (Å²) >= 11 is 0. The summed E-state index contributed by atoms with van der Waals surface area (Å²) in [7, 11) is 0. The highest BCUT2D eigenvalue weighted by Gasteiger charge is 2.03. The lowest BCUT2D eigenvalue weighted by molar-refractivity contribution is 0.864. The Morgan fingerprint density at radius 3 is 2.31 bits per heavy atom. The molecule has 0 atom stereocenters. The molecule has 1 aromatic heterocycles. The summed E-state index contributed by atoms with van der Waals surface area (Å²) in [4.78, 5) is 4.42. The summed E-state index contributed by atoms with van der Waals surface area (Å²) < 4.78 is 0. The minimum absolute atomic E-state index is 0.548. The van der Waals surface area contributed by atoms with Gasteiger partial charge in [-0.2, -0.15) is 0 Å². The Kier molecular flexibility index (Phi) is 3.04. The van der Waals surface area contributed by atoms with Crippen LogP contribution in [0.15, 0.2) is 42.6 Å². The number of pyridine rings is 1. The van der Waals surface area contributed by atoms with Crippen LogP contribution in [0, 0.1) is 6.92 Å². The lowest BCUT2D eigenvalue weighted by Crippen LogP contribution is -1.90. The number of aryl methyl sites for hydroxylation is 1. The molecule has 1 aromatic carbocycles. The summed E-state index contributed by atoms with van der Waals surface area (Å²) in [6, 6.07) is 12.8. The molecule has 0 saturated heterocycles. The highest BCUT2D eigenvalue weighted by atomic mass is 14.7. The zero-order chi connectivity index (χ0) is 11.5. The maximum atomic E-state index is 4.42. The third-order valence-corrected chi connectivity index (χ3v) is 2.80. The molecule has 82 valence electrons. The van der Waals surface area contributed by atoms with Crippen molar-refractivity contribution in [1.29, 1.82) is 0 Å². The molecule has 0 saturated carbocycles. The molecule has 0 unspecified atom stereocenters. The molecule has 1 heteroatoms. The van der Waals surface area contributed by atoms with E-state index in [1.54, 1.807) is 0 Å². The summed E-state index contributed by atoms with van der Waals surface area (Å²) in [5.41, 5.74) is 4.87. The van der Waals surface area contributed by atoms with Crippen molar-refractivity contribution in [2.75, 3.05) is 0 Å². The van der Waals surface area contributed by atoms with Gasteiger partial charge in [-0.3, -0.25) is 4.98 Å². The monoisotopic (exact) mass is 211 g/mol. The number of hydrogen-bond donors (Lipinski definition) is 0. The first kappa shape index (κ1) is 10.9. The van der Waals surface area contributed by atoms with Gasteiger partial charge in [0.2, 0.25) is 0 Å². The second-order valence-electron chi connectivity index (χ2n) is 4.50. The Labute approximate surface area is 97.2 Å². The minimum Gasteiger partial charge on any atom is -0.256 e. The highest BCUT2D eigenvalue weighted by molar-refractivity contribution is 5.60. The van der Waals surface area contributed by atoms with Crippen LogP contribution in [-0.2, 0) is 0 Å². The fourth-order valence-electron chi connectivity index (χ4n) is 1.69.